The molecule has 2 aromatic carbocycles. The zero-order valence-electron chi connectivity index (χ0n) is 18.4. The smallest absolute Gasteiger partial charge is 0.241 e. The Balaban J connectivity index is 1.37. The third kappa shape index (κ3) is 5.10. The molecule has 0 spiro atoms. The number of hydrogen-bond acceptors (Lipinski definition) is 6. The van der Waals surface area contributed by atoms with Crippen molar-refractivity contribution < 1.29 is 9.18 Å². The summed E-state index contributed by atoms with van der Waals surface area (Å²) in [4.78, 5) is 24.3. The van der Waals surface area contributed by atoms with E-state index in [9.17, 15) is 9.18 Å². The Labute approximate surface area is 210 Å². The van der Waals surface area contributed by atoms with Gasteiger partial charge in [0.15, 0.2) is 0 Å². The number of rotatable bonds is 6. The van der Waals surface area contributed by atoms with E-state index in [1.807, 2.05) is 48.2 Å². The van der Waals surface area contributed by atoms with Gasteiger partial charge in [-0.05, 0) is 55.8 Å². The van der Waals surface area contributed by atoms with Crippen molar-refractivity contribution in [3.63, 3.8) is 0 Å². The van der Waals surface area contributed by atoms with Gasteiger partial charge in [-0.2, -0.15) is 0 Å². The van der Waals surface area contributed by atoms with Crippen LogP contribution in [0.15, 0.2) is 65.8 Å². The molecule has 2 atom stereocenters. The molecule has 3 heterocycles. The first-order valence-electron chi connectivity index (χ1n) is 10.9. The molecule has 0 aliphatic carbocycles. The fourth-order valence-electron chi connectivity index (χ4n) is 4.21. The molecule has 5 rings (SSSR count). The second-order valence-electron chi connectivity index (χ2n) is 8.19. The predicted molar refractivity (Wildman–Crippen MR) is 137 cm³/mol. The molecule has 1 aliphatic heterocycles. The summed E-state index contributed by atoms with van der Waals surface area (Å²) in [5, 5.41) is 5.44. The van der Waals surface area contributed by atoms with Crippen LogP contribution in [0.2, 0.25) is 5.02 Å². The van der Waals surface area contributed by atoms with Gasteiger partial charge in [0.25, 0.3) is 0 Å². The molecule has 0 unspecified atom stereocenters. The number of aromatic nitrogens is 2. The molecule has 1 saturated heterocycles. The Kier molecular flexibility index (Phi) is 6.83. The predicted octanol–water partition coefficient (Wildman–Crippen LogP) is 6.17. The largest absolute Gasteiger partial charge is 0.325 e. The molecular weight excluding hydrogens is 491 g/mol. The lowest BCUT2D eigenvalue weighted by atomic mass is 10.1. The van der Waals surface area contributed by atoms with Gasteiger partial charge in [0.2, 0.25) is 5.91 Å². The molecule has 4 aromatic rings. The molecule has 0 bridgehead atoms. The first kappa shape index (κ1) is 23.2. The molecule has 1 amide bonds. The Morgan fingerprint density at radius 3 is 2.94 bits per heavy atom. The zero-order chi connectivity index (χ0) is 23.7. The van der Waals surface area contributed by atoms with E-state index in [1.165, 1.54) is 6.07 Å². The molecule has 2 aromatic heterocycles. The van der Waals surface area contributed by atoms with Crippen LogP contribution in [0.4, 0.5) is 10.1 Å². The van der Waals surface area contributed by atoms with E-state index in [0.29, 0.717) is 29.2 Å². The normalized spacial score (nSPS) is 18.4. The number of benzene rings is 2. The van der Waals surface area contributed by atoms with Gasteiger partial charge in [-0.1, -0.05) is 23.7 Å². The van der Waals surface area contributed by atoms with Gasteiger partial charge in [0.05, 0.1) is 26.3 Å². The number of aryl methyl sites for hydroxylation is 1. The maximum absolute atomic E-state index is 14.5. The maximum Gasteiger partial charge on any atom is 0.241 e. The molecule has 1 aliphatic rings. The van der Waals surface area contributed by atoms with E-state index in [-0.39, 0.29) is 23.5 Å². The molecule has 0 radical (unpaired) electrons. The molecule has 174 valence electrons. The Hall–Kier alpha value is -2.52. The zero-order valence-corrected chi connectivity index (χ0v) is 20.8. The highest BCUT2D eigenvalue weighted by Gasteiger charge is 2.38. The summed E-state index contributed by atoms with van der Waals surface area (Å²) in [5.74, 6) is -0.486. The minimum absolute atomic E-state index is 0.122. The number of fused-ring (bicyclic) bond motifs is 1. The molecule has 0 saturated carbocycles. The number of likely N-dealkylation sites (tertiary alicyclic amines) is 1. The van der Waals surface area contributed by atoms with Crippen LogP contribution in [0.5, 0.6) is 0 Å². The van der Waals surface area contributed by atoms with Crippen LogP contribution < -0.4 is 5.32 Å². The van der Waals surface area contributed by atoms with Gasteiger partial charge < -0.3 is 5.32 Å². The quantitative estimate of drug-likeness (QED) is 0.335. The number of nitrogens with one attached hydrogen (secondary N) is 1. The van der Waals surface area contributed by atoms with Crippen molar-refractivity contribution in [3.05, 3.63) is 82.2 Å². The van der Waals surface area contributed by atoms with Crippen molar-refractivity contribution >= 4 is 56.5 Å². The highest BCUT2D eigenvalue weighted by atomic mass is 35.5. The van der Waals surface area contributed by atoms with Crippen LogP contribution in [-0.2, 0) is 11.3 Å². The van der Waals surface area contributed by atoms with Gasteiger partial charge in [-0.3, -0.25) is 9.69 Å². The number of thiazole rings is 1. The average molecular weight is 513 g/mol. The van der Waals surface area contributed by atoms with Crippen molar-refractivity contribution in [3.8, 4) is 0 Å². The van der Waals surface area contributed by atoms with Gasteiger partial charge in [-0.15, -0.1) is 23.1 Å². The van der Waals surface area contributed by atoms with Gasteiger partial charge in [0.1, 0.15) is 5.82 Å². The van der Waals surface area contributed by atoms with E-state index < -0.39 is 6.04 Å². The SMILES string of the molecule is Cc1nc2cc(NC(=O)[C@@H]3C[C@@H](Sc4ccccn4)CN3Cc3c(F)cccc3Cl)ccc2s1. The first-order valence-corrected chi connectivity index (χ1v) is 13.0. The summed E-state index contributed by atoms with van der Waals surface area (Å²) >= 11 is 9.56. The lowest BCUT2D eigenvalue weighted by Crippen LogP contribution is -2.39. The van der Waals surface area contributed by atoms with Crippen LogP contribution in [0, 0.1) is 12.7 Å². The van der Waals surface area contributed by atoms with Crippen LogP contribution >= 0.6 is 34.7 Å². The summed E-state index contributed by atoms with van der Waals surface area (Å²) in [6.07, 6.45) is 2.38. The first-order chi connectivity index (χ1) is 16.5. The number of pyridine rings is 1. The van der Waals surface area contributed by atoms with Gasteiger partial charge >= 0.3 is 0 Å². The molecule has 1 fully saturated rings. The fourth-order valence-corrected chi connectivity index (χ4v) is 6.41. The number of halogens is 2. The van der Waals surface area contributed by atoms with Gasteiger partial charge in [-0.25, -0.2) is 14.4 Å². The number of carbonyl (C=O) groups is 1. The third-order valence-corrected chi connectivity index (χ3v) is 8.24. The van der Waals surface area contributed by atoms with E-state index >= 15 is 0 Å². The van der Waals surface area contributed by atoms with Crippen molar-refractivity contribution in [1.29, 1.82) is 0 Å². The Morgan fingerprint density at radius 1 is 1.26 bits per heavy atom. The van der Waals surface area contributed by atoms with E-state index in [1.54, 1.807) is 41.4 Å². The monoisotopic (exact) mass is 512 g/mol. The average Bonchev–Trinajstić information content (AvgIpc) is 3.39. The number of nitrogens with zero attached hydrogens (tertiary/aromatic N) is 3. The van der Waals surface area contributed by atoms with Crippen LogP contribution in [0.1, 0.15) is 17.0 Å². The van der Waals surface area contributed by atoms with E-state index in [4.69, 9.17) is 11.6 Å². The number of amides is 1. The maximum atomic E-state index is 14.5. The highest BCUT2D eigenvalue weighted by molar-refractivity contribution is 7.99. The number of anilines is 1. The lowest BCUT2D eigenvalue weighted by Gasteiger charge is -2.24. The Morgan fingerprint density at radius 2 is 2.15 bits per heavy atom. The van der Waals surface area contributed by atoms with Crippen LogP contribution in [0.3, 0.4) is 0 Å². The van der Waals surface area contributed by atoms with Crippen LogP contribution in [-0.4, -0.2) is 38.6 Å². The third-order valence-electron chi connectivity index (χ3n) is 5.78. The number of thioether (sulfide) groups is 1. The lowest BCUT2D eigenvalue weighted by molar-refractivity contribution is -0.120. The number of hydrogen-bond donors (Lipinski definition) is 1. The van der Waals surface area contributed by atoms with Crippen molar-refractivity contribution in [1.82, 2.24) is 14.9 Å². The summed E-state index contributed by atoms with van der Waals surface area (Å²) in [5.41, 5.74) is 1.97. The molecule has 34 heavy (non-hydrogen) atoms. The molecule has 5 nitrogen and oxygen atoms in total. The van der Waals surface area contributed by atoms with Crippen molar-refractivity contribution in [2.45, 2.75) is 36.2 Å². The standard InChI is InChI=1S/C25H22ClFN4OS2/c1-15-29-21-11-16(8-9-23(21)33-15)30-25(32)22-12-17(34-24-7-2-3-10-28-24)13-31(22)14-18-19(26)5-4-6-20(18)27/h2-11,17,22H,12-14H2,1H3,(H,30,32)/t17-,22+/m1/s1. The van der Waals surface area contributed by atoms with E-state index in [0.717, 1.165) is 20.3 Å². The molecular formula is C25H22ClFN4OS2. The Bertz CT molecular complexity index is 1310. The fraction of sp³-hybridized carbons (Fsp3) is 0.240. The molecule has 1 N–H and O–H groups in total. The second kappa shape index (κ2) is 10.00. The second-order valence-corrected chi connectivity index (χ2v) is 11.2. The summed E-state index contributed by atoms with van der Waals surface area (Å²) in [6, 6.07) is 15.8. The minimum Gasteiger partial charge on any atom is -0.325 e. The highest BCUT2D eigenvalue weighted by Crippen LogP contribution is 2.35. The van der Waals surface area contributed by atoms with Crippen LogP contribution in [0.25, 0.3) is 10.2 Å². The summed E-state index contributed by atoms with van der Waals surface area (Å²) in [6.45, 7) is 2.84. The summed E-state index contributed by atoms with van der Waals surface area (Å²) in [7, 11) is 0. The topological polar surface area (TPSA) is 58.1 Å². The van der Waals surface area contributed by atoms with Gasteiger partial charge in [0, 0.05) is 40.8 Å². The molecule has 9 heteroatoms. The minimum atomic E-state index is -0.426. The van der Waals surface area contributed by atoms with Crippen molar-refractivity contribution in [2.75, 3.05) is 11.9 Å². The van der Waals surface area contributed by atoms with E-state index in [2.05, 4.69) is 15.3 Å². The summed E-state index contributed by atoms with van der Waals surface area (Å²) < 4.78 is 15.6. The number of carbonyl (C=O) groups excluding carboxylic acids is 1. The van der Waals surface area contributed by atoms with Crippen molar-refractivity contribution in [2.24, 2.45) is 0 Å².